The first-order valence-electron chi connectivity index (χ1n) is 6.57. The average molecular weight is 297 g/mol. The van der Waals surface area contributed by atoms with Crippen LogP contribution in [0, 0.1) is 6.92 Å². The minimum Gasteiger partial charge on any atom is -0.305 e. The van der Waals surface area contributed by atoms with E-state index in [1.807, 2.05) is 43.3 Å². The molecule has 0 spiro atoms. The molecule has 0 radical (unpaired) electrons. The molecule has 2 aromatic carbocycles. The number of aliphatic imine (C=N–C) groups is 1. The summed E-state index contributed by atoms with van der Waals surface area (Å²) in [6, 6.07) is 15.1. The van der Waals surface area contributed by atoms with Crippen molar-refractivity contribution in [3.05, 3.63) is 75.9 Å². The maximum absolute atomic E-state index is 12.0. The molecule has 0 bridgehead atoms. The standard InChI is InChI=1S/C17H13ClN2O/c1-11-4-2-3-5-13(11)10-15-17(21)20-16(19-15)12-6-8-14(18)9-7-12/h2-10H,1H3,(H,19,20,21)/b15-10-. The van der Waals surface area contributed by atoms with Crippen LogP contribution in [0.25, 0.3) is 6.08 Å². The van der Waals surface area contributed by atoms with E-state index in [2.05, 4.69) is 10.3 Å². The van der Waals surface area contributed by atoms with Crippen LogP contribution in [0.15, 0.2) is 59.2 Å². The summed E-state index contributed by atoms with van der Waals surface area (Å²) in [5.41, 5.74) is 3.34. The number of amidine groups is 1. The number of benzene rings is 2. The molecule has 0 unspecified atom stereocenters. The third-order valence-corrected chi connectivity index (χ3v) is 3.55. The topological polar surface area (TPSA) is 41.5 Å². The second-order valence-corrected chi connectivity index (χ2v) is 5.24. The highest BCUT2D eigenvalue weighted by Crippen LogP contribution is 2.18. The van der Waals surface area contributed by atoms with Gasteiger partial charge in [-0.3, -0.25) is 4.79 Å². The lowest BCUT2D eigenvalue weighted by Gasteiger charge is -1.99. The molecule has 1 amide bonds. The van der Waals surface area contributed by atoms with E-state index < -0.39 is 0 Å². The largest absolute Gasteiger partial charge is 0.305 e. The normalized spacial score (nSPS) is 16.0. The SMILES string of the molecule is Cc1ccccc1/C=C1\N=C(c2ccc(Cl)cc2)NC1=O. The van der Waals surface area contributed by atoms with Crippen LogP contribution in [-0.4, -0.2) is 11.7 Å². The van der Waals surface area contributed by atoms with E-state index in [4.69, 9.17) is 11.6 Å². The van der Waals surface area contributed by atoms with Gasteiger partial charge in [-0.05, 0) is 48.4 Å². The second-order valence-electron chi connectivity index (χ2n) is 4.81. The lowest BCUT2D eigenvalue weighted by molar-refractivity contribution is -0.115. The van der Waals surface area contributed by atoms with Crippen molar-refractivity contribution in [3.63, 3.8) is 0 Å². The van der Waals surface area contributed by atoms with Crippen LogP contribution in [0.3, 0.4) is 0 Å². The Bertz CT molecular complexity index is 761. The van der Waals surface area contributed by atoms with Gasteiger partial charge in [0, 0.05) is 10.6 Å². The predicted molar refractivity (Wildman–Crippen MR) is 85.3 cm³/mol. The number of nitrogens with one attached hydrogen (secondary N) is 1. The number of halogens is 1. The summed E-state index contributed by atoms with van der Waals surface area (Å²) < 4.78 is 0. The smallest absolute Gasteiger partial charge is 0.275 e. The van der Waals surface area contributed by atoms with Crippen LogP contribution in [0.2, 0.25) is 5.02 Å². The molecule has 1 heterocycles. The van der Waals surface area contributed by atoms with Gasteiger partial charge in [-0.15, -0.1) is 0 Å². The zero-order chi connectivity index (χ0) is 14.8. The fraction of sp³-hybridized carbons (Fsp3) is 0.0588. The maximum Gasteiger partial charge on any atom is 0.275 e. The van der Waals surface area contributed by atoms with Gasteiger partial charge in [-0.25, -0.2) is 4.99 Å². The molecule has 1 aliphatic rings. The third-order valence-electron chi connectivity index (χ3n) is 3.30. The first-order chi connectivity index (χ1) is 10.1. The quantitative estimate of drug-likeness (QED) is 0.846. The van der Waals surface area contributed by atoms with Crippen LogP contribution >= 0.6 is 11.6 Å². The minimum absolute atomic E-state index is 0.191. The summed E-state index contributed by atoms with van der Waals surface area (Å²) >= 11 is 5.86. The predicted octanol–water partition coefficient (Wildman–Crippen LogP) is 3.57. The van der Waals surface area contributed by atoms with Crippen LogP contribution in [-0.2, 0) is 4.79 Å². The summed E-state index contributed by atoms with van der Waals surface area (Å²) in [5.74, 6) is 0.361. The van der Waals surface area contributed by atoms with Crippen molar-refractivity contribution in [2.75, 3.05) is 0 Å². The summed E-state index contributed by atoms with van der Waals surface area (Å²) in [6.45, 7) is 2.00. The van der Waals surface area contributed by atoms with E-state index in [-0.39, 0.29) is 5.91 Å². The summed E-state index contributed by atoms with van der Waals surface area (Å²) in [6.07, 6.45) is 1.80. The molecule has 4 heteroatoms. The van der Waals surface area contributed by atoms with Gasteiger partial charge in [0.25, 0.3) is 5.91 Å². The summed E-state index contributed by atoms with van der Waals surface area (Å²) in [5, 5.41) is 3.43. The van der Waals surface area contributed by atoms with E-state index in [1.165, 1.54) is 0 Å². The van der Waals surface area contributed by atoms with E-state index in [0.717, 1.165) is 16.7 Å². The Morgan fingerprint density at radius 1 is 1.10 bits per heavy atom. The summed E-state index contributed by atoms with van der Waals surface area (Å²) in [4.78, 5) is 16.4. The van der Waals surface area contributed by atoms with Crippen LogP contribution < -0.4 is 5.32 Å². The molecule has 0 aromatic heterocycles. The van der Waals surface area contributed by atoms with E-state index in [0.29, 0.717) is 16.6 Å². The molecule has 1 aliphatic heterocycles. The van der Waals surface area contributed by atoms with Crippen molar-refractivity contribution in [1.82, 2.24) is 5.32 Å². The van der Waals surface area contributed by atoms with Crippen LogP contribution in [0.1, 0.15) is 16.7 Å². The Labute approximate surface area is 128 Å². The minimum atomic E-state index is -0.191. The fourth-order valence-electron chi connectivity index (χ4n) is 2.11. The number of hydrogen-bond donors (Lipinski definition) is 1. The number of aryl methyl sites for hydroxylation is 1. The van der Waals surface area contributed by atoms with Gasteiger partial charge < -0.3 is 5.32 Å². The number of amides is 1. The Hall–Kier alpha value is -2.39. The van der Waals surface area contributed by atoms with Crippen LogP contribution in [0.5, 0.6) is 0 Å². The van der Waals surface area contributed by atoms with Gasteiger partial charge in [-0.2, -0.15) is 0 Å². The van der Waals surface area contributed by atoms with E-state index >= 15 is 0 Å². The van der Waals surface area contributed by atoms with Crippen LogP contribution in [0.4, 0.5) is 0 Å². The van der Waals surface area contributed by atoms with Gasteiger partial charge in [0.05, 0.1) is 0 Å². The van der Waals surface area contributed by atoms with Crippen molar-refractivity contribution in [2.45, 2.75) is 6.92 Å². The van der Waals surface area contributed by atoms with Gasteiger partial charge in [0.1, 0.15) is 11.5 Å². The zero-order valence-electron chi connectivity index (χ0n) is 11.4. The number of rotatable bonds is 2. The molecule has 21 heavy (non-hydrogen) atoms. The third kappa shape index (κ3) is 2.88. The van der Waals surface area contributed by atoms with E-state index in [9.17, 15) is 4.79 Å². The number of carbonyl (C=O) groups excluding carboxylic acids is 1. The number of hydrogen-bond acceptors (Lipinski definition) is 2. The molecule has 0 saturated carbocycles. The van der Waals surface area contributed by atoms with Gasteiger partial charge in [-0.1, -0.05) is 35.9 Å². The first kappa shape index (κ1) is 13.6. The Balaban J connectivity index is 1.96. The highest BCUT2D eigenvalue weighted by Gasteiger charge is 2.21. The van der Waals surface area contributed by atoms with Gasteiger partial charge in [0.2, 0.25) is 0 Å². The average Bonchev–Trinajstić information content (AvgIpc) is 2.83. The molecular weight excluding hydrogens is 284 g/mol. The van der Waals surface area contributed by atoms with Crippen molar-refractivity contribution < 1.29 is 4.79 Å². The number of carbonyl (C=O) groups is 1. The van der Waals surface area contributed by atoms with Crippen molar-refractivity contribution in [2.24, 2.45) is 4.99 Å². The van der Waals surface area contributed by atoms with Crippen molar-refractivity contribution in [3.8, 4) is 0 Å². The lowest BCUT2D eigenvalue weighted by atomic mass is 10.1. The highest BCUT2D eigenvalue weighted by molar-refractivity contribution is 6.30. The molecule has 0 atom stereocenters. The molecule has 0 fully saturated rings. The van der Waals surface area contributed by atoms with Gasteiger partial charge >= 0.3 is 0 Å². The summed E-state index contributed by atoms with van der Waals surface area (Å²) in [7, 11) is 0. The Morgan fingerprint density at radius 3 is 2.52 bits per heavy atom. The number of nitrogens with zero attached hydrogens (tertiary/aromatic N) is 1. The Morgan fingerprint density at radius 2 is 1.81 bits per heavy atom. The maximum atomic E-state index is 12.0. The molecule has 0 aliphatic carbocycles. The van der Waals surface area contributed by atoms with Gasteiger partial charge in [0.15, 0.2) is 0 Å². The van der Waals surface area contributed by atoms with Crippen molar-refractivity contribution in [1.29, 1.82) is 0 Å². The van der Waals surface area contributed by atoms with E-state index in [1.54, 1.807) is 18.2 Å². The highest BCUT2D eigenvalue weighted by atomic mass is 35.5. The second kappa shape index (κ2) is 5.54. The first-order valence-corrected chi connectivity index (χ1v) is 6.94. The fourth-order valence-corrected chi connectivity index (χ4v) is 2.24. The lowest BCUT2D eigenvalue weighted by Crippen LogP contribution is -2.24. The zero-order valence-corrected chi connectivity index (χ0v) is 12.2. The molecule has 1 N–H and O–H groups in total. The monoisotopic (exact) mass is 296 g/mol. The molecule has 3 rings (SSSR count). The van der Waals surface area contributed by atoms with Crippen molar-refractivity contribution >= 4 is 29.4 Å². The molecular formula is C17H13ClN2O. The molecule has 3 nitrogen and oxygen atoms in total. The molecule has 2 aromatic rings. The Kier molecular flexibility index (Phi) is 3.59. The molecule has 0 saturated heterocycles. The molecule has 104 valence electrons.